The lowest BCUT2D eigenvalue weighted by molar-refractivity contribution is -0.112. The van der Waals surface area contributed by atoms with Gasteiger partial charge in [-0.3, -0.25) is 4.79 Å². The number of allylic oxidation sites excluding steroid dienone is 1. The first-order chi connectivity index (χ1) is 8.17. The molecule has 17 heavy (non-hydrogen) atoms. The van der Waals surface area contributed by atoms with Crippen molar-refractivity contribution in [1.29, 1.82) is 0 Å². The van der Waals surface area contributed by atoms with Gasteiger partial charge in [-0.15, -0.1) is 0 Å². The van der Waals surface area contributed by atoms with Crippen molar-refractivity contribution in [2.45, 2.75) is 26.8 Å². The van der Waals surface area contributed by atoms with E-state index in [1.54, 1.807) is 0 Å². The van der Waals surface area contributed by atoms with E-state index < -0.39 is 0 Å². The highest BCUT2D eigenvalue weighted by molar-refractivity contribution is 6.03. The average molecular weight is 232 g/mol. The molecule has 0 spiro atoms. The molecule has 0 aromatic heterocycles. The molecule has 0 unspecified atom stereocenters. The summed E-state index contributed by atoms with van der Waals surface area (Å²) in [5, 5.41) is 5.97. The zero-order chi connectivity index (χ0) is 12.7. The van der Waals surface area contributed by atoms with E-state index in [2.05, 4.69) is 10.6 Å². The maximum absolute atomic E-state index is 11.8. The van der Waals surface area contributed by atoms with Crippen LogP contribution in [0.4, 0.5) is 5.69 Å². The minimum absolute atomic E-state index is 0.0338. The summed E-state index contributed by atoms with van der Waals surface area (Å²) in [7, 11) is 1.90. The Morgan fingerprint density at radius 3 is 2.82 bits per heavy atom. The van der Waals surface area contributed by atoms with Crippen LogP contribution in [0.3, 0.4) is 0 Å². The van der Waals surface area contributed by atoms with Gasteiger partial charge in [0.05, 0.1) is 0 Å². The van der Waals surface area contributed by atoms with E-state index in [-0.39, 0.29) is 5.91 Å². The van der Waals surface area contributed by atoms with Crippen molar-refractivity contribution in [1.82, 2.24) is 5.32 Å². The molecule has 0 saturated carbocycles. The van der Waals surface area contributed by atoms with Crippen LogP contribution in [-0.2, 0) is 11.3 Å². The Hall–Kier alpha value is -1.61. The maximum atomic E-state index is 11.8. The highest BCUT2D eigenvalue weighted by Crippen LogP contribution is 2.11. The van der Waals surface area contributed by atoms with Crippen LogP contribution in [0, 0.1) is 0 Å². The minimum atomic E-state index is -0.0338. The van der Waals surface area contributed by atoms with E-state index in [9.17, 15) is 4.79 Å². The molecule has 0 aliphatic heterocycles. The second-order valence-corrected chi connectivity index (χ2v) is 3.98. The standard InChI is InChI=1S/C14H20N2O/c1-4-6-11(2)14(17)16-13-8-5-7-12(9-13)10-15-3/h5-9,15H,4,10H2,1-3H3,(H,16,17)/b11-6+. The fraction of sp³-hybridized carbons (Fsp3) is 0.357. The summed E-state index contributed by atoms with van der Waals surface area (Å²) < 4.78 is 0. The quantitative estimate of drug-likeness (QED) is 0.766. The monoisotopic (exact) mass is 232 g/mol. The molecular formula is C14H20N2O. The predicted octanol–water partition coefficient (Wildman–Crippen LogP) is 2.70. The van der Waals surface area contributed by atoms with Crippen molar-refractivity contribution in [3.05, 3.63) is 41.5 Å². The number of carbonyl (C=O) groups excluding carboxylic acids is 1. The van der Waals surface area contributed by atoms with E-state index in [1.165, 1.54) is 0 Å². The molecule has 2 N–H and O–H groups in total. The Morgan fingerprint density at radius 2 is 2.18 bits per heavy atom. The zero-order valence-electron chi connectivity index (χ0n) is 10.7. The molecule has 0 radical (unpaired) electrons. The normalized spacial score (nSPS) is 11.4. The third-order valence-electron chi connectivity index (χ3n) is 2.43. The summed E-state index contributed by atoms with van der Waals surface area (Å²) in [4.78, 5) is 11.8. The van der Waals surface area contributed by atoms with Crippen LogP contribution >= 0.6 is 0 Å². The summed E-state index contributed by atoms with van der Waals surface area (Å²) in [5.41, 5.74) is 2.75. The lowest BCUT2D eigenvalue weighted by Gasteiger charge is -2.07. The molecule has 0 aliphatic carbocycles. The van der Waals surface area contributed by atoms with Crippen molar-refractivity contribution < 1.29 is 4.79 Å². The molecule has 0 fully saturated rings. The Kier molecular flexibility index (Phi) is 5.43. The summed E-state index contributed by atoms with van der Waals surface area (Å²) >= 11 is 0. The van der Waals surface area contributed by atoms with Crippen LogP contribution in [0.2, 0.25) is 0 Å². The smallest absolute Gasteiger partial charge is 0.250 e. The molecule has 0 aliphatic rings. The van der Waals surface area contributed by atoms with Gasteiger partial charge < -0.3 is 10.6 Å². The second kappa shape index (κ2) is 6.86. The molecule has 0 heterocycles. The fourth-order valence-corrected chi connectivity index (χ4v) is 1.59. The highest BCUT2D eigenvalue weighted by atomic mass is 16.1. The number of anilines is 1. The molecule has 0 atom stereocenters. The maximum Gasteiger partial charge on any atom is 0.250 e. The van der Waals surface area contributed by atoms with E-state index >= 15 is 0 Å². The Bertz CT molecular complexity index is 410. The Morgan fingerprint density at radius 1 is 1.41 bits per heavy atom. The van der Waals surface area contributed by atoms with Crippen molar-refractivity contribution in [2.75, 3.05) is 12.4 Å². The molecule has 1 aromatic carbocycles. The SMILES string of the molecule is CC/C=C(\C)C(=O)Nc1cccc(CNC)c1. The summed E-state index contributed by atoms with van der Waals surface area (Å²) in [5.74, 6) is -0.0338. The average Bonchev–Trinajstić information content (AvgIpc) is 2.30. The number of carbonyl (C=O) groups is 1. The van der Waals surface area contributed by atoms with Crippen molar-refractivity contribution in [2.24, 2.45) is 0 Å². The molecule has 3 nitrogen and oxygen atoms in total. The van der Waals surface area contributed by atoms with Gasteiger partial charge in [-0.1, -0.05) is 25.1 Å². The van der Waals surface area contributed by atoms with E-state index in [1.807, 2.05) is 51.2 Å². The topological polar surface area (TPSA) is 41.1 Å². The van der Waals surface area contributed by atoms with Crippen LogP contribution in [0.15, 0.2) is 35.9 Å². The van der Waals surface area contributed by atoms with E-state index in [0.29, 0.717) is 0 Å². The molecule has 3 heteroatoms. The number of benzene rings is 1. The minimum Gasteiger partial charge on any atom is -0.322 e. The molecule has 0 bridgehead atoms. The number of amides is 1. The molecule has 0 saturated heterocycles. The third kappa shape index (κ3) is 4.41. The van der Waals surface area contributed by atoms with Crippen molar-refractivity contribution in [3.8, 4) is 0 Å². The molecule has 1 aromatic rings. The van der Waals surface area contributed by atoms with Gasteiger partial charge in [-0.2, -0.15) is 0 Å². The Labute approximate surface area is 103 Å². The summed E-state index contributed by atoms with van der Waals surface area (Å²) in [6, 6.07) is 7.85. The molecule has 92 valence electrons. The van der Waals surface area contributed by atoms with Gasteiger partial charge in [0.25, 0.3) is 5.91 Å². The first-order valence-electron chi connectivity index (χ1n) is 5.89. The van der Waals surface area contributed by atoms with Gasteiger partial charge >= 0.3 is 0 Å². The predicted molar refractivity (Wildman–Crippen MR) is 71.9 cm³/mol. The van der Waals surface area contributed by atoms with Gasteiger partial charge in [-0.05, 0) is 38.1 Å². The van der Waals surface area contributed by atoms with E-state index in [4.69, 9.17) is 0 Å². The summed E-state index contributed by atoms with van der Waals surface area (Å²) in [6.45, 7) is 4.65. The molecule has 1 amide bonds. The van der Waals surface area contributed by atoms with Gasteiger partial charge in [0.15, 0.2) is 0 Å². The van der Waals surface area contributed by atoms with Crippen LogP contribution < -0.4 is 10.6 Å². The second-order valence-electron chi connectivity index (χ2n) is 3.98. The number of nitrogens with one attached hydrogen (secondary N) is 2. The lowest BCUT2D eigenvalue weighted by atomic mass is 10.2. The molecular weight excluding hydrogens is 212 g/mol. The summed E-state index contributed by atoms with van der Waals surface area (Å²) in [6.07, 6.45) is 2.80. The zero-order valence-corrected chi connectivity index (χ0v) is 10.7. The van der Waals surface area contributed by atoms with E-state index in [0.717, 1.165) is 29.8 Å². The third-order valence-corrected chi connectivity index (χ3v) is 2.43. The van der Waals surface area contributed by atoms with Crippen molar-refractivity contribution >= 4 is 11.6 Å². The first kappa shape index (κ1) is 13.5. The number of rotatable bonds is 5. The first-order valence-corrected chi connectivity index (χ1v) is 5.89. The van der Waals surface area contributed by atoms with Crippen LogP contribution in [0.5, 0.6) is 0 Å². The lowest BCUT2D eigenvalue weighted by Crippen LogP contribution is -2.13. The fourth-order valence-electron chi connectivity index (χ4n) is 1.59. The Balaban J connectivity index is 2.71. The van der Waals surface area contributed by atoms with Gasteiger partial charge in [0.1, 0.15) is 0 Å². The van der Waals surface area contributed by atoms with Gasteiger partial charge in [-0.25, -0.2) is 0 Å². The highest BCUT2D eigenvalue weighted by Gasteiger charge is 2.04. The van der Waals surface area contributed by atoms with Gasteiger partial charge in [0, 0.05) is 17.8 Å². The number of hydrogen-bond acceptors (Lipinski definition) is 2. The molecule has 1 rings (SSSR count). The number of hydrogen-bond donors (Lipinski definition) is 2. The van der Waals surface area contributed by atoms with Crippen LogP contribution in [0.1, 0.15) is 25.8 Å². The van der Waals surface area contributed by atoms with Crippen LogP contribution in [0.25, 0.3) is 0 Å². The van der Waals surface area contributed by atoms with Crippen LogP contribution in [-0.4, -0.2) is 13.0 Å². The van der Waals surface area contributed by atoms with Crippen molar-refractivity contribution in [3.63, 3.8) is 0 Å². The van der Waals surface area contributed by atoms with Gasteiger partial charge in [0.2, 0.25) is 0 Å². The largest absolute Gasteiger partial charge is 0.322 e.